The normalized spacial score (nSPS) is 12.4. The molecule has 15 heavy (non-hydrogen) atoms. The Labute approximate surface area is 90.7 Å². The van der Waals surface area contributed by atoms with Gasteiger partial charge in [0.2, 0.25) is 5.89 Å². The lowest BCUT2D eigenvalue weighted by Crippen LogP contribution is -1.93. The summed E-state index contributed by atoms with van der Waals surface area (Å²) in [4.78, 5) is 7.88. The van der Waals surface area contributed by atoms with E-state index >= 15 is 0 Å². The van der Waals surface area contributed by atoms with E-state index in [4.69, 9.17) is 16.0 Å². The van der Waals surface area contributed by atoms with Gasteiger partial charge in [-0.2, -0.15) is 0 Å². The van der Waals surface area contributed by atoms with Crippen molar-refractivity contribution in [1.29, 1.82) is 0 Å². The van der Waals surface area contributed by atoms with Crippen LogP contribution >= 0.6 is 11.6 Å². The van der Waals surface area contributed by atoms with E-state index in [-0.39, 0.29) is 11.4 Å². The van der Waals surface area contributed by atoms with Crippen molar-refractivity contribution in [3.63, 3.8) is 0 Å². The molecule has 0 bridgehead atoms. The smallest absolute Gasteiger partial charge is 0.321 e. The summed E-state index contributed by atoms with van der Waals surface area (Å²) in [6.07, 6.45) is 4.68. The third-order valence-electron chi connectivity index (χ3n) is 1.58. The molecule has 2 rings (SSSR count). The average molecular weight is 226 g/mol. The predicted molar refractivity (Wildman–Crippen MR) is 53.9 cm³/mol. The molecule has 78 valence electrons. The number of rotatable bonds is 3. The number of hydrogen-bond donors (Lipinski definition) is 1. The van der Waals surface area contributed by atoms with Gasteiger partial charge in [0.1, 0.15) is 5.38 Å². The monoisotopic (exact) mass is 225 g/mol. The summed E-state index contributed by atoms with van der Waals surface area (Å²) in [5, 5.41) is 10.0. The van der Waals surface area contributed by atoms with E-state index in [1.165, 1.54) is 0 Å². The zero-order valence-electron chi connectivity index (χ0n) is 7.88. The van der Waals surface area contributed by atoms with E-state index in [1.807, 2.05) is 0 Å². The minimum Gasteiger partial charge on any atom is -0.406 e. The third kappa shape index (κ3) is 2.41. The molecule has 0 spiro atoms. The number of alkyl halides is 1. The van der Waals surface area contributed by atoms with Gasteiger partial charge in [-0.15, -0.1) is 16.7 Å². The number of aromatic nitrogens is 4. The van der Waals surface area contributed by atoms with Gasteiger partial charge in [-0.25, -0.2) is 4.98 Å². The Morgan fingerprint density at radius 2 is 2.27 bits per heavy atom. The van der Waals surface area contributed by atoms with Crippen molar-refractivity contribution < 1.29 is 4.42 Å². The minimum absolute atomic E-state index is 0.248. The third-order valence-corrected chi connectivity index (χ3v) is 1.77. The Balaban J connectivity index is 2.12. The Morgan fingerprint density at radius 1 is 1.40 bits per heavy atom. The van der Waals surface area contributed by atoms with Crippen LogP contribution in [-0.4, -0.2) is 20.2 Å². The molecular weight excluding hydrogens is 218 g/mol. The SMILES string of the molecule is CC(Cl)c1nnc(Nc2cnccn2)o1. The van der Waals surface area contributed by atoms with Crippen LogP contribution in [0, 0.1) is 0 Å². The van der Waals surface area contributed by atoms with Gasteiger partial charge in [-0.1, -0.05) is 5.10 Å². The van der Waals surface area contributed by atoms with Crippen LogP contribution in [-0.2, 0) is 0 Å². The van der Waals surface area contributed by atoms with E-state index in [0.717, 1.165) is 0 Å². The molecule has 1 atom stereocenters. The summed E-state index contributed by atoms with van der Waals surface area (Å²) in [5.74, 6) is 0.901. The maximum atomic E-state index is 5.77. The quantitative estimate of drug-likeness (QED) is 0.804. The first-order valence-corrected chi connectivity index (χ1v) is 4.70. The van der Waals surface area contributed by atoms with Gasteiger partial charge in [-0.3, -0.25) is 10.3 Å². The molecule has 2 aromatic rings. The first-order valence-electron chi connectivity index (χ1n) is 4.26. The lowest BCUT2D eigenvalue weighted by molar-refractivity contribution is 0.509. The molecule has 7 heteroatoms. The van der Waals surface area contributed by atoms with Crippen LogP contribution in [0.15, 0.2) is 23.0 Å². The van der Waals surface area contributed by atoms with Crippen LogP contribution < -0.4 is 5.32 Å². The molecule has 0 radical (unpaired) electrons. The molecule has 0 aliphatic heterocycles. The van der Waals surface area contributed by atoms with Crippen LogP contribution in [0.3, 0.4) is 0 Å². The number of nitrogens with zero attached hydrogens (tertiary/aromatic N) is 4. The maximum absolute atomic E-state index is 5.77. The number of halogens is 1. The van der Waals surface area contributed by atoms with E-state index in [1.54, 1.807) is 25.5 Å². The van der Waals surface area contributed by atoms with Gasteiger partial charge in [0, 0.05) is 12.4 Å². The Hall–Kier alpha value is -1.69. The number of hydrogen-bond acceptors (Lipinski definition) is 6. The van der Waals surface area contributed by atoms with Gasteiger partial charge in [0.05, 0.1) is 6.20 Å². The largest absolute Gasteiger partial charge is 0.406 e. The second-order valence-corrected chi connectivity index (χ2v) is 3.43. The fraction of sp³-hybridized carbons (Fsp3) is 0.250. The molecule has 0 amide bonds. The second-order valence-electron chi connectivity index (χ2n) is 2.78. The van der Waals surface area contributed by atoms with Crippen molar-refractivity contribution >= 4 is 23.4 Å². The number of anilines is 2. The van der Waals surface area contributed by atoms with Crippen LogP contribution in [0.1, 0.15) is 18.2 Å². The molecule has 0 aromatic carbocycles. The van der Waals surface area contributed by atoms with Crippen LogP contribution in [0.5, 0.6) is 0 Å². The summed E-state index contributed by atoms with van der Waals surface area (Å²) in [6, 6.07) is 0.248. The van der Waals surface area contributed by atoms with Crippen LogP contribution in [0.4, 0.5) is 11.8 Å². The lowest BCUT2D eigenvalue weighted by atomic mass is 10.5. The molecule has 0 saturated carbocycles. The Bertz CT molecular complexity index is 430. The van der Waals surface area contributed by atoms with Crippen molar-refractivity contribution in [2.75, 3.05) is 5.32 Å². The van der Waals surface area contributed by atoms with Crippen molar-refractivity contribution in [3.05, 3.63) is 24.5 Å². The minimum atomic E-state index is -0.310. The van der Waals surface area contributed by atoms with Crippen molar-refractivity contribution in [1.82, 2.24) is 20.2 Å². The Kier molecular flexibility index (Phi) is 2.77. The van der Waals surface area contributed by atoms with E-state index in [2.05, 4.69) is 25.5 Å². The standard InChI is InChI=1S/C8H8ClN5O/c1-5(9)7-13-14-8(15-7)12-6-4-10-2-3-11-6/h2-5H,1H3,(H,11,12,14). The summed E-state index contributed by atoms with van der Waals surface area (Å²) in [6.45, 7) is 1.75. The highest BCUT2D eigenvalue weighted by molar-refractivity contribution is 6.20. The van der Waals surface area contributed by atoms with Crippen molar-refractivity contribution in [2.45, 2.75) is 12.3 Å². The molecule has 2 heterocycles. The van der Waals surface area contributed by atoms with E-state index < -0.39 is 0 Å². The average Bonchev–Trinajstić information content (AvgIpc) is 2.68. The van der Waals surface area contributed by atoms with Crippen LogP contribution in [0.25, 0.3) is 0 Å². The Morgan fingerprint density at radius 3 is 2.87 bits per heavy atom. The highest BCUT2D eigenvalue weighted by atomic mass is 35.5. The molecule has 0 fully saturated rings. The maximum Gasteiger partial charge on any atom is 0.321 e. The van der Waals surface area contributed by atoms with Gasteiger partial charge < -0.3 is 4.42 Å². The second kappa shape index (κ2) is 4.22. The van der Waals surface area contributed by atoms with Gasteiger partial charge in [0.15, 0.2) is 5.82 Å². The van der Waals surface area contributed by atoms with E-state index in [9.17, 15) is 0 Å². The molecule has 0 aliphatic carbocycles. The zero-order chi connectivity index (χ0) is 10.7. The van der Waals surface area contributed by atoms with Crippen LogP contribution in [0.2, 0.25) is 0 Å². The molecular formula is C8H8ClN5O. The fourth-order valence-electron chi connectivity index (χ4n) is 0.919. The summed E-state index contributed by atoms with van der Waals surface area (Å²) in [5.41, 5.74) is 0. The highest BCUT2D eigenvalue weighted by Crippen LogP contribution is 2.20. The molecule has 2 aromatic heterocycles. The zero-order valence-corrected chi connectivity index (χ0v) is 8.64. The number of nitrogens with one attached hydrogen (secondary N) is 1. The van der Waals surface area contributed by atoms with Gasteiger partial charge in [-0.05, 0) is 6.92 Å². The first-order chi connectivity index (χ1) is 7.25. The molecule has 1 N–H and O–H groups in total. The topological polar surface area (TPSA) is 76.7 Å². The van der Waals surface area contributed by atoms with Gasteiger partial charge in [0.25, 0.3) is 0 Å². The fourth-order valence-corrected chi connectivity index (χ4v) is 1.01. The van der Waals surface area contributed by atoms with Crippen molar-refractivity contribution in [3.8, 4) is 0 Å². The summed E-state index contributed by atoms with van der Waals surface area (Å²) >= 11 is 5.77. The summed E-state index contributed by atoms with van der Waals surface area (Å²) < 4.78 is 5.22. The van der Waals surface area contributed by atoms with Gasteiger partial charge >= 0.3 is 6.01 Å². The van der Waals surface area contributed by atoms with E-state index in [0.29, 0.717) is 11.7 Å². The summed E-state index contributed by atoms with van der Waals surface area (Å²) in [7, 11) is 0. The lowest BCUT2D eigenvalue weighted by Gasteiger charge is -1.97. The van der Waals surface area contributed by atoms with Crippen molar-refractivity contribution in [2.24, 2.45) is 0 Å². The molecule has 6 nitrogen and oxygen atoms in total. The molecule has 0 aliphatic rings. The molecule has 1 unspecified atom stereocenters. The highest BCUT2D eigenvalue weighted by Gasteiger charge is 2.11. The molecule has 0 saturated heterocycles. The first kappa shape index (κ1) is 9.85. The predicted octanol–water partition coefficient (Wildman–Crippen LogP) is 1.90.